The summed E-state index contributed by atoms with van der Waals surface area (Å²) in [6.07, 6.45) is 1.46. The number of anilines is 2. The Morgan fingerprint density at radius 1 is 0.911 bits per heavy atom. The van der Waals surface area contributed by atoms with Crippen molar-refractivity contribution < 1.29 is 24.1 Å². The van der Waals surface area contributed by atoms with Gasteiger partial charge in [0, 0.05) is 34.7 Å². The summed E-state index contributed by atoms with van der Waals surface area (Å²) < 4.78 is 0. The molecule has 1 fully saturated rings. The summed E-state index contributed by atoms with van der Waals surface area (Å²) in [6, 6.07) is 26.2. The summed E-state index contributed by atoms with van der Waals surface area (Å²) in [4.78, 5) is 64.9. The molecule has 1 heterocycles. The lowest BCUT2D eigenvalue weighted by atomic mass is 10.1. The van der Waals surface area contributed by atoms with E-state index in [2.05, 4.69) is 10.6 Å². The normalized spacial score (nSPS) is 14.8. The first-order valence-corrected chi connectivity index (χ1v) is 14.8. The van der Waals surface area contributed by atoms with Gasteiger partial charge in [0.15, 0.2) is 0 Å². The first-order chi connectivity index (χ1) is 21.6. The van der Waals surface area contributed by atoms with Gasteiger partial charge in [0.1, 0.15) is 5.70 Å². The molecular formula is C34H28N4O6S. The largest absolute Gasteiger partial charge is 0.321 e. The highest BCUT2D eigenvalue weighted by atomic mass is 32.2. The van der Waals surface area contributed by atoms with Gasteiger partial charge in [0.05, 0.1) is 15.9 Å². The van der Waals surface area contributed by atoms with E-state index < -0.39 is 22.0 Å². The van der Waals surface area contributed by atoms with Crippen LogP contribution in [0.5, 0.6) is 0 Å². The Balaban J connectivity index is 1.33. The van der Waals surface area contributed by atoms with E-state index in [1.807, 2.05) is 26.0 Å². The predicted octanol–water partition coefficient (Wildman–Crippen LogP) is 6.05. The fourth-order valence-electron chi connectivity index (χ4n) is 4.64. The van der Waals surface area contributed by atoms with E-state index in [0.29, 0.717) is 27.4 Å². The molecule has 0 spiro atoms. The van der Waals surface area contributed by atoms with Gasteiger partial charge < -0.3 is 10.6 Å². The number of imide groups is 1. The lowest BCUT2D eigenvalue weighted by Gasteiger charge is -2.16. The molecular weight excluding hydrogens is 592 g/mol. The number of amides is 4. The Morgan fingerprint density at radius 2 is 1.64 bits per heavy atom. The summed E-state index contributed by atoms with van der Waals surface area (Å²) in [5, 5.41) is 15.8. The number of nitrogens with one attached hydrogen (secondary N) is 2. The molecule has 0 unspecified atom stereocenters. The maximum Gasteiger partial charge on any atom is 0.272 e. The van der Waals surface area contributed by atoms with Crippen molar-refractivity contribution in [1.29, 1.82) is 0 Å². The van der Waals surface area contributed by atoms with Crippen LogP contribution in [0, 0.1) is 24.0 Å². The molecule has 226 valence electrons. The molecule has 11 heteroatoms. The molecule has 5 rings (SSSR count). The second kappa shape index (κ2) is 13.4. The van der Waals surface area contributed by atoms with Crippen LogP contribution >= 0.6 is 11.8 Å². The van der Waals surface area contributed by atoms with E-state index in [9.17, 15) is 29.3 Å². The maximum absolute atomic E-state index is 13.4. The van der Waals surface area contributed by atoms with Gasteiger partial charge in [-0.2, -0.15) is 0 Å². The average molecular weight is 621 g/mol. The maximum atomic E-state index is 13.4. The van der Waals surface area contributed by atoms with Crippen LogP contribution in [0.4, 0.5) is 17.1 Å². The Kier molecular flexibility index (Phi) is 9.20. The van der Waals surface area contributed by atoms with Crippen molar-refractivity contribution in [2.75, 3.05) is 10.2 Å². The quantitative estimate of drug-likeness (QED) is 0.101. The lowest BCUT2D eigenvalue weighted by molar-refractivity contribution is -0.384. The van der Waals surface area contributed by atoms with Crippen LogP contribution in [0.1, 0.15) is 33.5 Å². The molecule has 0 aromatic heterocycles. The number of non-ortho nitro benzene ring substituents is 1. The smallest absolute Gasteiger partial charge is 0.272 e. The highest BCUT2D eigenvalue weighted by molar-refractivity contribution is 8.00. The molecule has 1 saturated heterocycles. The van der Waals surface area contributed by atoms with Gasteiger partial charge in [0.2, 0.25) is 11.8 Å². The summed E-state index contributed by atoms with van der Waals surface area (Å²) >= 11 is 1.23. The molecule has 2 N–H and O–H groups in total. The number of carbonyl (C=O) groups excluding carboxylic acids is 4. The Bertz CT molecular complexity index is 1840. The number of nitrogens with zero attached hydrogens (tertiary/aromatic N) is 2. The minimum Gasteiger partial charge on any atom is -0.321 e. The highest BCUT2D eigenvalue weighted by Crippen LogP contribution is 2.35. The Morgan fingerprint density at radius 3 is 2.33 bits per heavy atom. The van der Waals surface area contributed by atoms with Crippen LogP contribution in [0.25, 0.3) is 6.08 Å². The Labute approximate surface area is 263 Å². The van der Waals surface area contributed by atoms with Gasteiger partial charge in [-0.05, 0) is 91.2 Å². The molecule has 45 heavy (non-hydrogen) atoms. The zero-order valence-electron chi connectivity index (χ0n) is 24.4. The second-order valence-electron chi connectivity index (χ2n) is 10.4. The van der Waals surface area contributed by atoms with Crippen molar-refractivity contribution in [3.8, 4) is 0 Å². The number of hydrogen-bond acceptors (Lipinski definition) is 7. The molecule has 0 aliphatic carbocycles. The zero-order chi connectivity index (χ0) is 32.1. The number of benzene rings is 4. The van der Waals surface area contributed by atoms with Crippen molar-refractivity contribution >= 4 is 58.5 Å². The topological polar surface area (TPSA) is 139 Å². The summed E-state index contributed by atoms with van der Waals surface area (Å²) in [5.41, 5.74) is 3.59. The Hall–Kier alpha value is -5.55. The fourth-order valence-corrected chi connectivity index (χ4v) is 5.76. The molecule has 1 atom stereocenters. The summed E-state index contributed by atoms with van der Waals surface area (Å²) in [7, 11) is 0. The highest BCUT2D eigenvalue weighted by Gasteiger charge is 2.40. The monoisotopic (exact) mass is 620 g/mol. The second-order valence-corrected chi connectivity index (χ2v) is 11.6. The van der Waals surface area contributed by atoms with Crippen molar-refractivity contribution in [3.63, 3.8) is 0 Å². The van der Waals surface area contributed by atoms with Crippen LogP contribution in [0.3, 0.4) is 0 Å². The van der Waals surface area contributed by atoms with Crippen LogP contribution < -0.4 is 15.5 Å². The molecule has 1 aliphatic rings. The lowest BCUT2D eigenvalue weighted by Crippen LogP contribution is -2.31. The number of nitro groups is 1. The van der Waals surface area contributed by atoms with Gasteiger partial charge in [0.25, 0.3) is 17.5 Å². The third-order valence-electron chi connectivity index (χ3n) is 7.17. The van der Waals surface area contributed by atoms with E-state index in [0.717, 1.165) is 11.1 Å². The minimum atomic E-state index is -0.632. The fraction of sp³-hybridized carbons (Fsp3) is 0.118. The third-order valence-corrected chi connectivity index (χ3v) is 8.35. The molecule has 10 nitrogen and oxygen atoms in total. The predicted molar refractivity (Wildman–Crippen MR) is 173 cm³/mol. The van der Waals surface area contributed by atoms with Crippen LogP contribution in [-0.2, 0) is 14.4 Å². The molecule has 0 radical (unpaired) electrons. The number of hydrogen-bond donors (Lipinski definition) is 2. The average Bonchev–Trinajstić information content (AvgIpc) is 3.30. The van der Waals surface area contributed by atoms with E-state index in [1.54, 1.807) is 60.7 Å². The zero-order valence-corrected chi connectivity index (χ0v) is 25.2. The summed E-state index contributed by atoms with van der Waals surface area (Å²) in [5.74, 6) is -1.73. The van der Waals surface area contributed by atoms with Crippen LogP contribution in [-0.4, -0.2) is 33.8 Å². The molecule has 1 aliphatic heterocycles. The van der Waals surface area contributed by atoms with Crippen LogP contribution in [0.2, 0.25) is 0 Å². The van der Waals surface area contributed by atoms with Gasteiger partial charge in [-0.1, -0.05) is 30.3 Å². The van der Waals surface area contributed by atoms with Crippen molar-refractivity contribution in [2.24, 2.45) is 0 Å². The van der Waals surface area contributed by atoms with Gasteiger partial charge >= 0.3 is 0 Å². The molecule has 0 saturated carbocycles. The molecule has 0 bridgehead atoms. The number of rotatable bonds is 9. The molecule has 4 aromatic rings. The van der Waals surface area contributed by atoms with Crippen molar-refractivity contribution in [3.05, 3.63) is 135 Å². The summed E-state index contributed by atoms with van der Waals surface area (Å²) in [6.45, 7) is 3.89. The van der Waals surface area contributed by atoms with Gasteiger partial charge in [-0.25, -0.2) is 4.90 Å². The number of aryl methyl sites for hydroxylation is 2. The van der Waals surface area contributed by atoms with Crippen molar-refractivity contribution in [2.45, 2.75) is 30.4 Å². The minimum absolute atomic E-state index is 0.0423. The van der Waals surface area contributed by atoms with E-state index in [-0.39, 0.29) is 29.6 Å². The number of carbonyl (C=O) groups is 4. The first-order valence-electron chi connectivity index (χ1n) is 13.9. The van der Waals surface area contributed by atoms with Crippen LogP contribution in [0.15, 0.2) is 108 Å². The standard InChI is InChI=1S/C34H28N4O6S/c1-21-11-14-27(17-22(21)2)37-31(39)20-30(34(37)42)45-28-10-6-9-25(19-28)35-33(41)29(36-32(40)24-7-4-3-5-8-24)18-23-12-15-26(16-13-23)38(43)44/h3-19,30H,20H2,1-2H3,(H,35,41)(H,36,40)/b29-18-/t30-/m0/s1. The molecule has 4 amide bonds. The third kappa shape index (κ3) is 7.34. The number of nitro benzene ring substituents is 1. The van der Waals surface area contributed by atoms with Crippen molar-refractivity contribution in [1.82, 2.24) is 5.32 Å². The van der Waals surface area contributed by atoms with E-state index in [1.165, 1.54) is 47.0 Å². The SMILES string of the molecule is Cc1ccc(N2C(=O)C[C@H](Sc3cccc(NC(=O)/C(=C/c4ccc([N+](=O)[O-])cc4)NC(=O)c4ccccc4)c3)C2=O)cc1C. The van der Waals surface area contributed by atoms with E-state index >= 15 is 0 Å². The van der Waals surface area contributed by atoms with Gasteiger partial charge in [-0.15, -0.1) is 11.8 Å². The first kappa shape index (κ1) is 30.9. The number of thioether (sulfide) groups is 1. The van der Waals surface area contributed by atoms with Gasteiger partial charge in [-0.3, -0.25) is 29.3 Å². The molecule has 4 aromatic carbocycles. The van der Waals surface area contributed by atoms with E-state index in [4.69, 9.17) is 0 Å².